The first-order valence-electron chi connectivity index (χ1n) is 9.99. The van der Waals surface area contributed by atoms with Crippen molar-refractivity contribution in [3.05, 3.63) is 71.3 Å². The molecule has 4 heteroatoms. The molecule has 0 bridgehead atoms. The van der Waals surface area contributed by atoms with Gasteiger partial charge < -0.3 is 10.2 Å². The van der Waals surface area contributed by atoms with E-state index in [1.807, 2.05) is 47.4 Å². The largest absolute Gasteiger partial charge is 0.354 e. The van der Waals surface area contributed by atoms with Crippen LogP contribution in [0, 0.1) is 0 Å². The van der Waals surface area contributed by atoms with Crippen LogP contribution in [0.25, 0.3) is 0 Å². The van der Waals surface area contributed by atoms with Gasteiger partial charge in [-0.2, -0.15) is 0 Å². The summed E-state index contributed by atoms with van der Waals surface area (Å²) >= 11 is 0. The number of carbonyl (C=O) groups is 2. The van der Waals surface area contributed by atoms with Gasteiger partial charge in [-0.3, -0.25) is 9.59 Å². The van der Waals surface area contributed by atoms with Crippen LogP contribution in [0.3, 0.4) is 0 Å². The molecular weight excluding hydrogens is 336 g/mol. The van der Waals surface area contributed by atoms with Crippen molar-refractivity contribution < 1.29 is 9.59 Å². The Labute approximate surface area is 160 Å². The van der Waals surface area contributed by atoms with Crippen LogP contribution in [0.5, 0.6) is 0 Å². The van der Waals surface area contributed by atoms with Crippen molar-refractivity contribution in [1.82, 2.24) is 10.2 Å². The molecule has 1 saturated carbocycles. The minimum atomic E-state index is -0.493. The molecule has 4 nitrogen and oxygen atoms in total. The predicted molar refractivity (Wildman–Crippen MR) is 105 cm³/mol. The Kier molecular flexibility index (Phi) is 5.23. The Morgan fingerprint density at radius 1 is 0.963 bits per heavy atom. The third-order valence-electron chi connectivity index (χ3n) is 5.77. The minimum Gasteiger partial charge on any atom is -0.354 e. The first kappa shape index (κ1) is 17.8. The third-order valence-corrected chi connectivity index (χ3v) is 5.77. The van der Waals surface area contributed by atoms with Crippen LogP contribution in [0.4, 0.5) is 0 Å². The van der Waals surface area contributed by atoms with Gasteiger partial charge in [-0.15, -0.1) is 0 Å². The molecule has 1 N–H and O–H groups in total. The number of carbonyl (C=O) groups excluding carboxylic acids is 2. The molecule has 1 heterocycles. The van der Waals surface area contributed by atoms with E-state index in [4.69, 9.17) is 0 Å². The number of rotatable bonds is 5. The summed E-state index contributed by atoms with van der Waals surface area (Å²) in [7, 11) is 0. The van der Waals surface area contributed by atoms with E-state index in [0.29, 0.717) is 12.1 Å². The molecule has 4 rings (SSSR count). The zero-order valence-electron chi connectivity index (χ0n) is 15.6. The number of nitrogens with zero attached hydrogens (tertiary/aromatic N) is 1. The number of hydrogen-bond donors (Lipinski definition) is 1. The lowest BCUT2D eigenvalue weighted by Gasteiger charge is -2.35. The van der Waals surface area contributed by atoms with Crippen molar-refractivity contribution in [2.24, 2.45) is 0 Å². The Morgan fingerprint density at radius 2 is 1.67 bits per heavy atom. The number of benzene rings is 2. The van der Waals surface area contributed by atoms with Crippen molar-refractivity contribution in [1.29, 1.82) is 0 Å². The molecule has 2 aliphatic rings. The lowest BCUT2D eigenvalue weighted by atomic mass is 9.93. The molecule has 0 spiro atoms. The van der Waals surface area contributed by atoms with Crippen LogP contribution in [-0.2, 0) is 11.2 Å². The molecule has 1 aliphatic heterocycles. The zero-order valence-corrected chi connectivity index (χ0v) is 15.6. The maximum absolute atomic E-state index is 13.1. The summed E-state index contributed by atoms with van der Waals surface area (Å²) in [6.45, 7) is 0.578. The van der Waals surface area contributed by atoms with E-state index in [0.717, 1.165) is 37.7 Å². The SMILES string of the molecule is O=C(NCCc1ccccc1)C1c2ccccc2C(=O)N1C1CCCCC1. The van der Waals surface area contributed by atoms with Crippen LogP contribution < -0.4 is 5.32 Å². The van der Waals surface area contributed by atoms with Crippen molar-refractivity contribution in [2.75, 3.05) is 6.54 Å². The van der Waals surface area contributed by atoms with Gasteiger partial charge in [0, 0.05) is 18.2 Å². The van der Waals surface area contributed by atoms with E-state index < -0.39 is 6.04 Å². The summed E-state index contributed by atoms with van der Waals surface area (Å²) in [5.74, 6) is -0.0458. The van der Waals surface area contributed by atoms with Crippen molar-refractivity contribution in [3.8, 4) is 0 Å². The molecule has 2 aromatic rings. The molecule has 27 heavy (non-hydrogen) atoms. The summed E-state index contributed by atoms with van der Waals surface area (Å²) in [5.41, 5.74) is 2.74. The maximum Gasteiger partial charge on any atom is 0.255 e. The van der Waals surface area contributed by atoms with Crippen molar-refractivity contribution in [3.63, 3.8) is 0 Å². The normalized spacial score (nSPS) is 19.8. The zero-order chi connectivity index (χ0) is 18.6. The molecule has 140 valence electrons. The monoisotopic (exact) mass is 362 g/mol. The van der Waals surface area contributed by atoms with Crippen LogP contribution in [0.2, 0.25) is 0 Å². The standard InChI is InChI=1S/C23H26N2O2/c26-22(24-16-15-17-9-3-1-4-10-17)21-19-13-7-8-14-20(19)23(27)25(21)18-11-5-2-6-12-18/h1,3-4,7-10,13-14,18,21H,2,5-6,11-12,15-16H2,(H,24,26). The Morgan fingerprint density at radius 3 is 2.44 bits per heavy atom. The average Bonchev–Trinajstić information content (AvgIpc) is 3.02. The summed E-state index contributed by atoms with van der Waals surface area (Å²) in [6, 6.07) is 17.4. The van der Waals surface area contributed by atoms with Gasteiger partial charge in [0.15, 0.2) is 0 Å². The minimum absolute atomic E-state index is 0.0145. The number of amides is 2. The second-order valence-corrected chi connectivity index (χ2v) is 7.52. The van der Waals surface area contributed by atoms with E-state index >= 15 is 0 Å². The highest BCUT2D eigenvalue weighted by Crippen LogP contribution is 2.38. The predicted octanol–water partition coefficient (Wildman–Crippen LogP) is 3.88. The molecule has 0 saturated heterocycles. The Bertz CT molecular complexity index is 812. The maximum atomic E-state index is 13.1. The van der Waals surface area contributed by atoms with Gasteiger partial charge in [0.2, 0.25) is 5.91 Å². The van der Waals surface area contributed by atoms with Gasteiger partial charge in [-0.25, -0.2) is 0 Å². The van der Waals surface area contributed by atoms with Gasteiger partial charge in [0.05, 0.1) is 0 Å². The fraction of sp³-hybridized carbons (Fsp3) is 0.391. The highest BCUT2D eigenvalue weighted by Gasteiger charge is 2.44. The van der Waals surface area contributed by atoms with Crippen LogP contribution in [0.1, 0.15) is 59.6 Å². The molecule has 1 aliphatic carbocycles. The van der Waals surface area contributed by atoms with E-state index in [2.05, 4.69) is 17.4 Å². The fourth-order valence-electron chi connectivity index (χ4n) is 4.41. The third kappa shape index (κ3) is 3.61. The van der Waals surface area contributed by atoms with Gasteiger partial charge in [-0.1, -0.05) is 67.8 Å². The first-order valence-corrected chi connectivity index (χ1v) is 9.99. The van der Waals surface area contributed by atoms with Crippen LogP contribution in [-0.4, -0.2) is 29.3 Å². The molecule has 2 aromatic carbocycles. The molecule has 1 unspecified atom stereocenters. The van der Waals surface area contributed by atoms with Gasteiger partial charge in [-0.05, 0) is 36.5 Å². The van der Waals surface area contributed by atoms with E-state index in [1.165, 1.54) is 12.0 Å². The summed E-state index contributed by atoms with van der Waals surface area (Å²) in [6.07, 6.45) is 6.26. The quantitative estimate of drug-likeness (QED) is 0.878. The van der Waals surface area contributed by atoms with E-state index in [1.54, 1.807) is 0 Å². The smallest absolute Gasteiger partial charge is 0.255 e. The lowest BCUT2D eigenvalue weighted by molar-refractivity contribution is -0.126. The fourth-order valence-corrected chi connectivity index (χ4v) is 4.41. The highest BCUT2D eigenvalue weighted by atomic mass is 16.2. The number of fused-ring (bicyclic) bond motifs is 1. The van der Waals surface area contributed by atoms with Crippen molar-refractivity contribution in [2.45, 2.75) is 50.6 Å². The Hall–Kier alpha value is -2.62. The average molecular weight is 362 g/mol. The van der Waals surface area contributed by atoms with Crippen molar-refractivity contribution >= 4 is 11.8 Å². The molecular formula is C23H26N2O2. The first-order chi connectivity index (χ1) is 13.3. The van der Waals surface area contributed by atoms with Crippen LogP contribution >= 0.6 is 0 Å². The molecule has 1 fully saturated rings. The molecule has 0 radical (unpaired) electrons. The van der Waals surface area contributed by atoms with Gasteiger partial charge in [0.25, 0.3) is 5.91 Å². The Balaban J connectivity index is 1.51. The summed E-state index contributed by atoms with van der Waals surface area (Å²) in [5, 5.41) is 3.07. The van der Waals surface area contributed by atoms with Gasteiger partial charge >= 0.3 is 0 Å². The topological polar surface area (TPSA) is 49.4 Å². The highest BCUT2D eigenvalue weighted by molar-refractivity contribution is 6.04. The van der Waals surface area contributed by atoms with E-state index in [9.17, 15) is 9.59 Å². The summed E-state index contributed by atoms with van der Waals surface area (Å²) < 4.78 is 0. The van der Waals surface area contributed by atoms with E-state index in [-0.39, 0.29) is 17.9 Å². The van der Waals surface area contributed by atoms with Gasteiger partial charge in [0.1, 0.15) is 6.04 Å². The van der Waals surface area contributed by atoms with Crippen LogP contribution in [0.15, 0.2) is 54.6 Å². The molecule has 1 atom stereocenters. The number of nitrogens with one attached hydrogen (secondary N) is 1. The molecule has 2 amide bonds. The summed E-state index contributed by atoms with van der Waals surface area (Å²) in [4.78, 5) is 28.0. The second-order valence-electron chi connectivity index (χ2n) is 7.52. The second kappa shape index (κ2) is 7.95. The lowest BCUT2D eigenvalue weighted by Crippen LogP contribution is -2.45. The number of hydrogen-bond acceptors (Lipinski definition) is 2. The molecule has 0 aromatic heterocycles.